The minimum atomic E-state index is 0.487. The predicted octanol–water partition coefficient (Wildman–Crippen LogP) is 19.5. The number of hydrogen-bond acceptors (Lipinski definition) is 4. The monoisotopic (exact) mass is 905 g/mol. The third kappa shape index (κ3) is 9.99. The van der Waals surface area contributed by atoms with Crippen LogP contribution < -0.4 is 0 Å². The fraction of sp³-hybridized carbons (Fsp3) is 0.344. The third-order valence-corrected chi connectivity index (χ3v) is 15.9. The van der Waals surface area contributed by atoms with Crippen LogP contribution in [0.15, 0.2) is 121 Å². The van der Waals surface area contributed by atoms with Crippen molar-refractivity contribution in [3.8, 4) is 53.8 Å². The lowest BCUT2D eigenvalue weighted by Gasteiger charge is -2.22. The molecule has 0 aliphatic rings. The maximum absolute atomic E-state index is 5.66. The lowest BCUT2D eigenvalue weighted by atomic mass is 9.99. The second kappa shape index (κ2) is 21.1. The molecule has 0 fully saturated rings. The Labute approximate surface area is 402 Å². The highest BCUT2D eigenvalue weighted by Gasteiger charge is 2.23. The molecule has 0 N–H and O–H groups in total. The van der Waals surface area contributed by atoms with E-state index in [4.69, 9.17) is 9.97 Å². The fourth-order valence-electron chi connectivity index (χ4n) is 10.0. The van der Waals surface area contributed by atoms with Crippen LogP contribution >= 0.6 is 22.7 Å². The molecule has 0 aliphatic carbocycles. The van der Waals surface area contributed by atoms with Gasteiger partial charge >= 0.3 is 0 Å². The standard InChI is InChI=1S/C61H67N3S2/c1-7-9-11-13-15-17-19-48(20-18-16-14-12-10-8-2)64-53-39-43(5)25-32-49(53)50-33-31-47(40-54(50)64)55-37-38-57(66-55)52-35-34-51(56-36-26-44(6)65-56)60-61(52)63-59(46-29-23-42(4)24-30-46)58(62-60)45-27-21-41(3)22-28-45/h21-40,48H,7-20H2,1-6H3. The van der Waals surface area contributed by atoms with Gasteiger partial charge in [0.2, 0.25) is 0 Å². The van der Waals surface area contributed by atoms with E-state index in [-0.39, 0.29) is 0 Å². The second-order valence-corrected chi connectivity index (χ2v) is 21.3. The van der Waals surface area contributed by atoms with Crippen LogP contribution in [0.25, 0.3) is 86.7 Å². The summed E-state index contributed by atoms with van der Waals surface area (Å²) < 4.78 is 2.78. The quantitative estimate of drug-likeness (QED) is 0.0714. The highest BCUT2D eigenvalue weighted by molar-refractivity contribution is 7.19. The van der Waals surface area contributed by atoms with E-state index in [1.165, 1.54) is 153 Å². The molecule has 338 valence electrons. The number of hydrogen-bond donors (Lipinski definition) is 0. The van der Waals surface area contributed by atoms with Crippen LogP contribution in [-0.2, 0) is 0 Å². The Hall–Kier alpha value is -5.36. The number of rotatable bonds is 20. The number of aromatic nitrogens is 3. The lowest BCUT2D eigenvalue weighted by molar-refractivity contribution is 0.410. The molecular weight excluding hydrogens is 839 g/mol. The molecule has 5 heteroatoms. The lowest BCUT2D eigenvalue weighted by Crippen LogP contribution is -2.09. The molecule has 3 nitrogen and oxygen atoms in total. The Morgan fingerprint density at radius 3 is 1.42 bits per heavy atom. The molecule has 4 heterocycles. The summed E-state index contributed by atoms with van der Waals surface area (Å²) in [6.45, 7) is 13.3. The summed E-state index contributed by atoms with van der Waals surface area (Å²) in [7, 11) is 0. The topological polar surface area (TPSA) is 30.7 Å². The molecule has 0 amide bonds. The van der Waals surface area contributed by atoms with Crippen LogP contribution in [0.1, 0.15) is 131 Å². The van der Waals surface area contributed by atoms with Crippen molar-refractivity contribution in [1.82, 2.24) is 14.5 Å². The molecule has 0 atom stereocenters. The summed E-state index contributed by atoms with van der Waals surface area (Å²) in [5, 5.41) is 2.75. The summed E-state index contributed by atoms with van der Waals surface area (Å²) in [6, 6.07) is 46.1. The number of unbranched alkanes of at least 4 members (excludes halogenated alkanes) is 10. The Bertz CT molecular complexity index is 3040. The Morgan fingerprint density at radius 1 is 0.424 bits per heavy atom. The van der Waals surface area contributed by atoms with Gasteiger partial charge in [-0.3, -0.25) is 0 Å². The highest BCUT2D eigenvalue weighted by atomic mass is 32.1. The minimum absolute atomic E-state index is 0.487. The molecule has 0 bridgehead atoms. The molecule has 0 radical (unpaired) electrons. The van der Waals surface area contributed by atoms with Crippen molar-refractivity contribution in [3.05, 3.63) is 143 Å². The molecule has 0 saturated heterocycles. The first-order chi connectivity index (χ1) is 32.3. The van der Waals surface area contributed by atoms with Crippen molar-refractivity contribution in [2.45, 2.75) is 137 Å². The predicted molar refractivity (Wildman–Crippen MR) is 289 cm³/mol. The van der Waals surface area contributed by atoms with Gasteiger partial charge in [-0.2, -0.15) is 0 Å². The summed E-state index contributed by atoms with van der Waals surface area (Å²) in [4.78, 5) is 16.3. The molecule has 4 aromatic heterocycles. The summed E-state index contributed by atoms with van der Waals surface area (Å²) >= 11 is 3.69. The molecule has 5 aromatic carbocycles. The first-order valence-electron chi connectivity index (χ1n) is 25.0. The van der Waals surface area contributed by atoms with E-state index in [0.29, 0.717) is 6.04 Å². The summed E-state index contributed by atoms with van der Waals surface area (Å²) in [6.07, 6.45) is 18.5. The first-order valence-corrected chi connectivity index (χ1v) is 26.6. The fourth-order valence-corrected chi connectivity index (χ4v) is 11.9. The molecule has 0 saturated carbocycles. The summed E-state index contributed by atoms with van der Waals surface area (Å²) in [5.74, 6) is 0. The van der Waals surface area contributed by atoms with Gasteiger partial charge in [0.15, 0.2) is 0 Å². The zero-order valence-electron chi connectivity index (χ0n) is 40.2. The normalized spacial score (nSPS) is 11.9. The zero-order valence-corrected chi connectivity index (χ0v) is 41.8. The largest absolute Gasteiger partial charge is 0.337 e. The van der Waals surface area contributed by atoms with Gasteiger partial charge in [-0.25, -0.2) is 9.97 Å². The van der Waals surface area contributed by atoms with E-state index < -0.39 is 0 Å². The Kier molecular flexibility index (Phi) is 14.6. The highest BCUT2D eigenvalue weighted by Crippen LogP contribution is 2.45. The second-order valence-electron chi connectivity index (χ2n) is 19.0. The van der Waals surface area contributed by atoms with E-state index in [9.17, 15) is 0 Å². The van der Waals surface area contributed by atoms with Gasteiger partial charge in [0.1, 0.15) is 0 Å². The zero-order chi connectivity index (χ0) is 45.6. The van der Waals surface area contributed by atoms with Crippen LogP contribution in [0.4, 0.5) is 0 Å². The van der Waals surface area contributed by atoms with Crippen LogP contribution in [0.2, 0.25) is 0 Å². The number of thiophene rings is 2. The SMILES string of the molecule is CCCCCCCCC(CCCCCCCC)n1c2cc(C)ccc2c2ccc(-c3ccc(-c4ccc(-c5ccc(C)s5)c5nc(-c6ccc(C)cc6)c(-c6ccc(C)cc6)nc45)s3)cc21. The molecule has 0 aliphatic heterocycles. The average Bonchev–Trinajstić information content (AvgIpc) is 4.08. The smallest absolute Gasteiger partial charge is 0.0988 e. The van der Waals surface area contributed by atoms with Crippen molar-refractivity contribution in [3.63, 3.8) is 0 Å². The molecule has 9 aromatic rings. The van der Waals surface area contributed by atoms with Gasteiger partial charge in [0.25, 0.3) is 0 Å². The van der Waals surface area contributed by atoms with E-state index >= 15 is 0 Å². The number of benzene rings is 5. The number of nitrogens with zero attached hydrogens (tertiary/aromatic N) is 3. The number of fused-ring (bicyclic) bond motifs is 4. The van der Waals surface area contributed by atoms with Gasteiger partial charge in [0.05, 0.1) is 27.9 Å². The molecule has 66 heavy (non-hydrogen) atoms. The maximum Gasteiger partial charge on any atom is 0.0988 e. The van der Waals surface area contributed by atoms with Crippen LogP contribution in [0, 0.1) is 27.7 Å². The van der Waals surface area contributed by atoms with Gasteiger partial charge in [-0.1, -0.05) is 187 Å². The van der Waals surface area contributed by atoms with Crippen LogP contribution in [-0.4, -0.2) is 14.5 Å². The maximum atomic E-state index is 5.66. The van der Waals surface area contributed by atoms with Gasteiger partial charge in [-0.15, -0.1) is 22.7 Å². The van der Waals surface area contributed by atoms with Crippen molar-refractivity contribution in [2.24, 2.45) is 0 Å². The first kappa shape index (κ1) is 45.8. The van der Waals surface area contributed by atoms with Crippen molar-refractivity contribution < 1.29 is 0 Å². The molecule has 9 rings (SSSR count). The Balaban J connectivity index is 1.15. The van der Waals surface area contributed by atoms with E-state index in [1.54, 1.807) is 0 Å². The van der Waals surface area contributed by atoms with Crippen LogP contribution in [0.5, 0.6) is 0 Å². The summed E-state index contributed by atoms with van der Waals surface area (Å²) in [5.41, 5.74) is 16.0. The van der Waals surface area contributed by atoms with E-state index in [0.717, 1.165) is 44.7 Å². The number of aryl methyl sites for hydroxylation is 4. The van der Waals surface area contributed by atoms with Gasteiger partial charge in [-0.05, 0) is 88.1 Å². The van der Waals surface area contributed by atoms with E-state index in [1.807, 2.05) is 22.7 Å². The van der Waals surface area contributed by atoms with Crippen LogP contribution in [0.3, 0.4) is 0 Å². The average molecular weight is 906 g/mol. The Morgan fingerprint density at radius 2 is 0.879 bits per heavy atom. The molecular formula is C61H67N3S2. The van der Waals surface area contributed by atoms with Crippen molar-refractivity contribution in [1.29, 1.82) is 0 Å². The van der Waals surface area contributed by atoms with Crippen molar-refractivity contribution in [2.75, 3.05) is 0 Å². The molecule has 0 unspecified atom stereocenters. The third-order valence-electron chi connectivity index (χ3n) is 13.7. The minimum Gasteiger partial charge on any atom is -0.337 e. The van der Waals surface area contributed by atoms with Gasteiger partial charge in [0, 0.05) is 64.1 Å². The van der Waals surface area contributed by atoms with E-state index in [2.05, 4.69) is 167 Å². The molecule has 0 spiro atoms. The van der Waals surface area contributed by atoms with Crippen molar-refractivity contribution >= 4 is 55.5 Å². The van der Waals surface area contributed by atoms with Gasteiger partial charge < -0.3 is 4.57 Å².